The zero-order chi connectivity index (χ0) is 51.6. The zero-order valence-electron chi connectivity index (χ0n) is 42.2. The molecule has 1 amide bonds. The van der Waals surface area contributed by atoms with Crippen molar-refractivity contribution in [3.63, 3.8) is 0 Å². The number of hydrogen-bond acceptors (Lipinski definition) is 9. The molecular formula is C65H63N3O7. The van der Waals surface area contributed by atoms with E-state index in [0.29, 0.717) is 46.9 Å². The summed E-state index contributed by atoms with van der Waals surface area (Å²) in [7, 11) is 0. The molecule has 7 aromatic rings. The van der Waals surface area contributed by atoms with E-state index in [9.17, 15) is 15.5 Å². The van der Waals surface area contributed by atoms with E-state index in [1.807, 2.05) is 95.9 Å². The normalized spacial score (nSPS) is 20.9. The number of carbonyl (C=O) groups is 1. The summed E-state index contributed by atoms with van der Waals surface area (Å²) in [6, 6.07) is 56.8. The largest absolute Gasteiger partial charge is 0.459 e. The Balaban J connectivity index is 1.17. The summed E-state index contributed by atoms with van der Waals surface area (Å²) in [6.45, 7) is 4.83. The van der Waals surface area contributed by atoms with Crippen LogP contribution in [-0.2, 0) is 22.7 Å². The molecule has 0 radical (unpaired) electrons. The summed E-state index contributed by atoms with van der Waals surface area (Å²) in [6.07, 6.45) is 8.77. The first-order chi connectivity index (χ1) is 36.9. The molecule has 380 valence electrons. The summed E-state index contributed by atoms with van der Waals surface area (Å²) in [5.74, 6) is -0.591. The molecule has 0 saturated heterocycles. The molecule has 75 heavy (non-hydrogen) atoms. The molecule has 1 fully saturated rings. The maximum absolute atomic E-state index is 15.8. The first-order valence-electron chi connectivity index (χ1n) is 26.3. The third kappa shape index (κ3) is 10.9. The average Bonchev–Trinajstić information content (AvgIpc) is 3.45. The maximum atomic E-state index is 15.8. The van der Waals surface area contributed by atoms with Crippen molar-refractivity contribution in [1.29, 1.82) is 5.26 Å². The third-order valence-electron chi connectivity index (χ3n) is 15.2. The molecule has 3 aliphatic rings. The molecule has 6 atom stereocenters. The second-order valence-corrected chi connectivity index (χ2v) is 19.8. The highest BCUT2D eigenvalue weighted by Crippen LogP contribution is 2.62. The van der Waals surface area contributed by atoms with Crippen LogP contribution in [0.1, 0.15) is 83.5 Å². The van der Waals surface area contributed by atoms with Crippen LogP contribution >= 0.6 is 0 Å². The Morgan fingerprint density at radius 2 is 1.48 bits per heavy atom. The monoisotopic (exact) mass is 997 g/mol. The van der Waals surface area contributed by atoms with Crippen LogP contribution in [0.5, 0.6) is 17.2 Å². The molecule has 10 heteroatoms. The fourth-order valence-electron chi connectivity index (χ4n) is 11.7. The Morgan fingerprint density at radius 1 is 0.787 bits per heavy atom. The summed E-state index contributed by atoms with van der Waals surface area (Å²) in [5, 5.41) is 37.3. The Bertz CT molecular complexity index is 3180. The Morgan fingerprint density at radius 3 is 2.23 bits per heavy atom. The van der Waals surface area contributed by atoms with Crippen LogP contribution in [0, 0.1) is 29.1 Å². The number of benzene rings is 7. The molecule has 2 aliphatic carbocycles. The number of aliphatic hydroxyl groups is 2. The number of rotatable bonds is 21. The van der Waals surface area contributed by atoms with Gasteiger partial charge in [-0.2, -0.15) is 5.26 Å². The predicted molar refractivity (Wildman–Crippen MR) is 293 cm³/mol. The number of ether oxygens (including phenoxy) is 3. The van der Waals surface area contributed by atoms with Crippen molar-refractivity contribution in [3.05, 3.63) is 222 Å². The van der Waals surface area contributed by atoms with Gasteiger partial charge in [0.2, 0.25) is 5.79 Å². The zero-order valence-corrected chi connectivity index (χ0v) is 42.2. The van der Waals surface area contributed by atoms with Crippen LogP contribution in [0.4, 0.5) is 0 Å². The minimum Gasteiger partial charge on any atom is -0.459 e. The van der Waals surface area contributed by atoms with E-state index < -0.39 is 17.7 Å². The number of fused-ring (bicyclic) bond motifs is 3. The van der Waals surface area contributed by atoms with Gasteiger partial charge in [0.25, 0.3) is 5.91 Å². The molecule has 1 saturated carbocycles. The number of unbranched alkanes of at least 4 members (excludes halogenated alkanes) is 2. The average molecular weight is 998 g/mol. The number of hydrogen-bond donors (Lipinski definition) is 2. The number of carbonyl (C=O) groups excluding carboxylic acids is 1. The Kier molecular flexibility index (Phi) is 16.0. The smallest absolute Gasteiger partial charge is 0.254 e. The lowest BCUT2D eigenvalue weighted by atomic mass is 9.55. The Hall–Kier alpha value is -7.81. The van der Waals surface area contributed by atoms with Crippen molar-refractivity contribution >= 4 is 22.4 Å². The summed E-state index contributed by atoms with van der Waals surface area (Å²) >= 11 is 0. The van der Waals surface area contributed by atoms with Crippen LogP contribution in [0.3, 0.4) is 0 Å². The molecular weight excluding hydrogens is 935 g/mol. The minimum absolute atomic E-state index is 0.00439. The lowest BCUT2D eigenvalue weighted by Gasteiger charge is -2.60. The van der Waals surface area contributed by atoms with Crippen molar-refractivity contribution in [3.8, 4) is 34.4 Å². The highest BCUT2D eigenvalue weighted by Gasteiger charge is 2.65. The number of nitriles is 1. The van der Waals surface area contributed by atoms with Gasteiger partial charge in [0, 0.05) is 43.2 Å². The molecule has 1 heterocycles. The van der Waals surface area contributed by atoms with Crippen molar-refractivity contribution < 1.29 is 34.1 Å². The van der Waals surface area contributed by atoms with E-state index in [4.69, 9.17) is 24.2 Å². The molecule has 10 nitrogen and oxygen atoms in total. The standard InChI is InChI=1S/C65H63N3O7/c1-2-38-72-65-61(68(64(71)50-28-26-45(42-66)27-29-50)43-52-23-15-22-49-20-9-10-24-55(49)52)41-59(67-73-44-46-16-5-3-6-17-46)57-39-51(21-11-13-36-69)56(25-12-14-37-70)62(63(57)65)58-40-54(34-35-60(58)75-65)74-53-32-30-48(31-33-53)47-18-7-4-8-19-47/h2-10,15-20,22-24,26-35,39-40,51,56,61-63,69-70H,1,11-14,21,25,36-38,41,43-44H2/t51-,56+,61-,62+,63+,65+/m0/s1. The van der Waals surface area contributed by atoms with E-state index in [2.05, 4.69) is 73.3 Å². The number of nitrogens with zero attached hydrogens (tertiary/aromatic N) is 3. The summed E-state index contributed by atoms with van der Waals surface area (Å²) in [4.78, 5) is 24.1. The van der Waals surface area contributed by atoms with E-state index in [1.54, 1.807) is 30.3 Å². The van der Waals surface area contributed by atoms with Gasteiger partial charge in [0.1, 0.15) is 29.9 Å². The van der Waals surface area contributed by atoms with E-state index >= 15 is 4.79 Å². The summed E-state index contributed by atoms with van der Waals surface area (Å²) in [5.41, 5.74) is 7.54. The quantitative estimate of drug-likeness (QED) is 0.0413. The number of amides is 1. The van der Waals surface area contributed by atoms with Crippen molar-refractivity contribution in [2.24, 2.45) is 22.9 Å². The van der Waals surface area contributed by atoms with Crippen molar-refractivity contribution in [2.75, 3.05) is 19.8 Å². The maximum Gasteiger partial charge on any atom is 0.254 e. The molecule has 7 aromatic carbocycles. The first-order valence-corrected chi connectivity index (χ1v) is 26.3. The topological polar surface area (TPSA) is 134 Å². The lowest BCUT2D eigenvalue weighted by Crippen LogP contribution is -2.70. The summed E-state index contributed by atoms with van der Waals surface area (Å²) < 4.78 is 21.7. The van der Waals surface area contributed by atoms with Gasteiger partial charge in [-0.25, -0.2) is 0 Å². The van der Waals surface area contributed by atoms with Gasteiger partial charge in [-0.1, -0.05) is 145 Å². The Labute approximate surface area is 439 Å². The van der Waals surface area contributed by atoms with Gasteiger partial charge in [0.15, 0.2) is 0 Å². The van der Waals surface area contributed by atoms with Crippen molar-refractivity contribution in [2.45, 2.75) is 75.8 Å². The van der Waals surface area contributed by atoms with Gasteiger partial charge in [-0.15, -0.1) is 6.58 Å². The second kappa shape index (κ2) is 23.6. The lowest BCUT2D eigenvalue weighted by molar-refractivity contribution is -0.255. The third-order valence-corrected chi connectivity index (χ3v) is 15.2. The van der Waals surface area contributed by atoms with Gasteiger partial charge >= 0.3 is 0 Å². The van der Waals surface area contributed by atoms with E-state index in [1.165, 1.54) is 0 Å². The molecule has 0 unspecified atom stereocenters. The van der Waals surface area contributed by atoms with E-state index in [0.717, 1.165) is 69.8 Å². The fraction of sp³-hybridized carbons (Fsp3) is 0.277. The van der Waals surface area contributed by atoms with Gasteiger partial charge in [-0.05, 0) is 131 Å². The highest BCUT2D eigenvalue weighted by atomic mass is 16.7. The molecule has 2 N–H and O–H groups in total. The number of oxime groups is 1. The van der Waals surface area contributed by atoms with Crippen LogP contribution in [0.25, 0.3) is 21.9 Å². The number of aliphatic hydroxyl groups excluding tert-OH is 2. The van der Waals surface area contributed by atoms with Crippen LogP contribution in [-0.4, -0.2) is 58.4 Å². The molecule has 0 aromatic heterocycles. The highest BCUT2D eigenvalue weighted by molar-refractivity contribution is 6.03. The predicted octanol–water partition coefficient (Wildman–Crippen LogP) is 13.3. The van der Waals surface area contributed by atoms with E-state index in [-0.39, 0.29) is 63.1 Å². The van der Waals surface area contributed by atoms with Crippen LogP contribution in [0.15, 0.2) is 199 Å². The molecule has 0 spiro atoms. The molecule has 0 bridgehead atoms. The molecule has 1 aliphatic heterocycles. The fourth-order valence-corrected chi connectivity index (χ4v) is 11.7. The van der Waals surface area contributed by atoms with Crippen molar-refractivity contribution in [1.82, 2.24) is 4.90 Å². The van der Waals surface area contributed by atoms with Crippen LogP contribution in [0.2, 0.25) is 0 Å². The SMILES string of the molecule is C=CCO[C@@]12Oc3ccc(Oc4ccc(-c5ccccc5)cc4)cc3[C@H]3[C@H](CCCCO)[C@@H](CCCCO)C=C(C(=NOCc4ccccc4)C[C@@H]1N(Cc1cccc4ccccc14)C(=O)c1ccc(C#N)cc1)[C@H]32. The van der Waals surface area contributed by atoms with Crippen LogP contribution < -0.4 is 9.47 Å². The molecule has 10 rings (SSSR count). The first kappa shape index (κ1) is 50.7. The minimum atomic E-state index is -1.51. The number of allylic oxidation sites excluding steroid dienone is 1. The van der Waals surface area contributed by atoms with Gasteiger partial charge in [-0.3, -0.25) is 4.79 Å². The van der Waals surface area contributed by atoms with Gasteiger partial charge < -0.3 is 34.2 Å². The van der Waals surface area contributed by atoms with Gasteiger partial charge in [0.05, 0.1) is 29.9 Å². The second-order valence-electron chi connectivity index (χ2n) is 19.8.